The van der Waals surface area contributed by atoms with Gasteiger partial charge in [-0.15, -0.1) is 11.3 Å². The molecule has 1 aromatic carbocycles. The number of carbonyl (C=O) groups is 2. The first-order valence-electron chi connectivity index (χ1n) is 8.92. The predicted octanol–water partition coefficient (Wildman–Crippen LogP) is 2.09. The minimum atomic E-state index is -0.0639. The summed E-state index contributed by atoms with van der Waals surface area (Å²) in [4.78, 5) is 28.7. The molecule has 1 saturated heterocycles. The first-order valence-corrected chi connectivity index (χ1v) is 10.2. The van der Waals surface area contributed by atoms with Gasteiger partial charge in [0.1, 0.15) is 0 Å². The van der Waals surface area contributed by atoms with Crippen LogP contribution in [0.3, 0.4) is 0 Å². The SMILES string of the molecule is Cc1ccsc1/C=C/C(=O)N1CC[NH+](CC(=O)Nc2ccccc2Cl)CC1. The van der Waals surface area contributed by atoms with Crippen LogP contribution in [0, 0.1) is 6.92 Å². The summed E-state index contributed by atoms with van der Waals surface area (Å²) in [7, 11) is 0. The molecule has 3 rings (SSSR count). The number of piperazine rings is 1. The third-order valence-electron chi connectivity index (χ3n) is 4.62. The van der Waals surface area contributed by atoms with Crippen molar-refractivity contribution in [3.8, 4) is 0 Å². The number of nitrogens with zero attached hydrogens (tertiary/aromatic N) is 1. The van der Waals surface area contributed by atoms with Gasteiger partial charge in [-0.1, -0.05) is 23.7 Å². The zero-order valence-electron chi connectivity index (χ0n) is 15.2. The molecule has 7 heteroatoms. The van der Waals surface area contributed by atoms with Crippen molar-refractivity contribution in [1.29, 1.82) is 0 Å². The normalized spacial score (nSPS) is 15.3. The molecule has 0 atom stereocenters. The highest BCUT2D eigenvalue weighted by Crippen LogP contribution is 2.20. The van der Waals surface area contributed by atoms with E-state index in [1.807, 2.05) is 41.5 Å². The zero-order chi connectivity index (χ0) is 19.2. The van der Waals surface area contributed by atoms with Crippen molar-refractivity contribution >= 4 is 46.5 Å². The Morgan fingerprint density at radius 2 is 2.00 bits per heavy atom. The molecule has 2 amide bonds. The number of anilines is 1. The molecule has 142 valence electrons. The van der Waals surface area contributed by atoms with E-state index < -0.39 is 0 Å². The topological polar surface area (TPSA) is 53.9 Å². The highest BCUT2D eigenvalue weighted by molar-refractivity contribution is 7.11. The van der Waals surface area contributed by atoms with Gasteiger partial charge in [0.2, 0.25) is 5.91 Å². The molecule has 2 N–H and O–H groups in total. The number of amides is 2. The van der Waals surface area contributed by atoms with Crippen molar-refractivity contribution in [2.45, 2.75) is 6.92 Å². The molecule has 0 unspecified atom stereocenters. The molecular weight excluding hydrogens is 382 g/mol. The molecule has 1 aromatic heterocycles. The van der Waals surface area contributed by atoms with Gasteiger partial charge in [0, 0.05) is 11.0 Å². The van der Waals surface area contributed by atoms with E-state index in [2.05, 4.69) is 5.32 Å². The van der Waals surface area contributed by atoms with Crippen molar-refractivity contribution in [3.63, 3.8) is 0 Å². The van der Waals surface area contributed by atoms with Crippen molar-refractivity contribution in [1.82, 2.24) is 4.90 Å². The number of hydrogen-bond acceptors (Lipinski definition) is 3. The fraction of sp³-hybridized carbons (Fsp3) is 0.300. The highest BCUT2D eigenvalue weighted by Gasteiger charge is 2.24. The summed E-state index contributed by atoms with van der Waals surface area (Å²) >= 11 is 7.70. The van der Waals surface area contributed by atoms with Crippen LogP contribution in [0.25, 0.3) is 6.08 Å². The molecule has 2 aromatic rings. The minimum absolute atomic E-state index is 0.0300. The highest BCUT2D eigenvalue weighted by atomic mass is 35.5. The van der Waals surface area contributed by atoms with E-state index in [0.29, 0.717) is 30.3 Å². The third kappa shape index (κ3) is 5.42. The van der Waals surface area contributed by atoms with Crippen molar-refractivity contribution < 1.29 is 14.5 Å². The maximum atomic E-state index is 12.4. The van der Waals surface area contributed by atoms with Gasteiger partial charge in [0.25, 0.3) is 5.91 Å². The molecular formula is C20H23ClN3O2S+. The second-order valence-corrected chi connectivity index (χ2v) is 7.94. The van der Waals surface area contributed by atoms with Crippen LogP contribution in [0.15, 0.2) is 41.8 Å². The number of benzene rings is 1. The Morgan fingerprint density at radius 1 is 1.26 bits per heavy atom. The summed E-state index contributed by atoms with van der Waals surface area (Å²) in [5.74, 6) is -0.0340. The fourth-order valence-electron chi connectivity index (χ4n) is 3.01. The van der Waals surface area contributed by atoms with E-state index in [1.165, 1.54) is 10.5 Å². The van der Waals surface area contributed by atoms with Crippen LogP contribution in [0.4, 0.5) is 5.69 Å². The number of rotatable bonds is 5. The van der Waals surface area contributed by atoms with Crippen LogP contribution >= 0.6 is 22.9 Å². The average molecular weight is 405 g/mol. The molecule has 5 nitrogen and oxygen atoms in total. The van der Waals surface area contributed by atoms with Crippen LogP contribution in [0.2, 0.25) is 5.02 Å². The summed E-state index contributed by atoms with van der Waals surface area (Å²) in [5, 5.41) is 5.41. The second-order valence-electron chi connectivity index (χ2n) is 6.58. The fourth-order valence-corrected chi connectivity index (χ4v) is 4.01. The number of halogens is 1. The third-order valence-corrected chi connectivity index (χ3v) is 5.93. The van der Waals surface area contributed by atoms with Gasteiger partial charge < -0.3 is 15.1 Å². The summed E-state index contributed by atoms with van der Waals surface area (Å²) in [6, 6.07) is 9.25. The molecule has 0 bridgehead atoms. The second kappa shape index (κ2) is 9.17. The molecule has 1 fully saturated rings. The van der Waals surface area contributed by atoms with E-state index in [4.69, 9.17) is 11.6 Å². The molecule has 0 aliphatic carbocycles. The quantitative estimate of drug-likeness (QED) is 0.750. The largest absolute Gasteiger partial charge is 0.328 e. The van der Waals surface area contributed by atoms with E-state index in [-0.39, 0.29) is 11.8 Å². The predicted molar refractivity (Wildman–Crippen MR) is 110 cm³/mol. The van der Waals surface area contributed by atoms with Crippen molar-refractivity contribution in [2.75, 3.05) is 38.0 Å². The van der Waals surface area contributed by atoms with Crippen LogP contribution in [0.1, 0.15) is 10.4 Å². The number of nitrogens with one attached hydrogen (secondary N) is 2. The molecule has 0 saturated carbocycles. The minimum Gasteiger partial charge on any atom is -0.328 e. The lowest BCUT2D eigenvalue weighted by molar-refractivity contribution is -0.895. The van der Waals surface area contributed by atoms with E-state index >= 15 is 0 Å². The zero-order valence-corrected chi connectivity index (χ0v) is 16.8. The molecule has 1 aliphatic heterocycles. The maximum absolute atomic E-state index is 12.4. The van der Waals surface area contributed by atoms with Crippen LogP contribution in [0.5, 0.6) is 0 Å². The van der Waals surface area contributed by atoms with Gasteiger partial charge in [-0.05, 0) is 42.1 Å². The van der Waals surface area contributed by atoms with Gasteiger partial charge in [-0.25, -0.2) is 0 Å². The lowest BCUT2D eigenvalue weighted by Gasteiger charge is -2.31. The van der Waals surface area contributed by atoms with Gasteiger partial charge in [-0.3, -0.25) is 9.59 Å². The summed E-state index contributed by atoms with van der Waals surface area (Å²) in [6.07, 6.45) is 3.53. The smallest absolute Gasteiger partial charge is 0.279 e. The Balaban J connectivity index is 1.45. The summed E-state index contributed by atoms with van der Waals surface area (Å²) in [6.45, 7) is 5.23. The van der Waals surface area contributed by atoms with E-state index in [1.54, 1.807) is 29.5 Å². The standard InChI is InChI=1S/C20H22ClN3O2S/c1-15-8-13-27-18(15)6-7-20(26)24-11-9-23(10-12-24)14-19(25)22-17-5-3-2-4-16(17)21/h2-8,13H,9-12,14H2,1H3,(H,22,25)/p+1/b7-6+. The Labute approximate surface area is 168 Å². The Kier molecular flexibility index (Phi) is 6.66. The molecule has 0 spiro atoms. The number of para-hydroxylation sites is 1. The van der Waals surface area contributed by atoms with Gasteiger partial charge in [0.15, 0.2) is 6.54 Å². The van der Waals surface area contributed by atoms with E-state index in [0.717, 1.165) is 18.0 Å². The number of aryl methyl sites for hydroxylation is 1. The van der Waals surface area contributed by atoms with Crippen LogP contribution in [-0.2, 0) is 9.59 Å². The van der Waals surface area contributed by atoms with Crippen LogP contribution < -0.4 is 10.2 Å². The first-order chi connectivity index (χ1) is 13.0. The maximum Gasteiger partial charge on any atom is 0.279 e. The van der Waals surface area contributed by atoms with Gasteiger partial charge in [-0.2, -0.15) is 0 Å². The first kappa shape index (κ1) is 19.6. The van der Waals surface area contributed by atoms with Crippen LogP contribution in [-0.4, -0.2) is 49.4 Å². The van der Waals surface area contributed by atoms with Gasteiger partial charge >= 0.3 is 0 Å². The Morgan fingerprint density at radius 3 is 2.67 bits per heavy atom. The van der Waals surface area contributed by atoms with E-state index in [9.17, 15) is 9.59 Å². The number of carbonyl (C=O) groups excluding carboxylic acids is 2. The average Bonchev–Trinajstić information content (AvgIpc) is 3.07. The molecule has 0 radical (unpaired) electrons. The lowest BCUT2D eigenvalue weighted by Crippen LogP contribution is -3.15. The number of quaternary nitrogens is 1. The monoisotopic (exact) mass is 404 g/mol. The molecule has 2 heterocycles. The number of thiophene rings is 1. The Bertz CT molecular complexity index is 841. The summed E-state index contributed by atoms with van der Waals surface area (Å²) in [5.41, 5.74) is 1.81. The molecule has 27 heavy (non-hydrogen) atoms. The number of hydrogen-bond donors (Lipinski definition) is 2. The van der Waals surface area contributed by atoms with Crippen molar-refractivity contribution in [2.24, 2.45) is 0 Å². The van der Waals surface area contributed by atoms with Gasteiger partial charge in [0.05, 0.1) is 36.9 Å². The lowest BCUT2D eigenvalue weighted by atomic mass is 10.2. The Hall–Kier alpha value is -2.15. The van der Waals surface area contributed by atoms with Crippen molar-refractivity contribution in [3.05, 3.63) is 57.3 Å². The molecule has 1 aliphatic rings. The summed E-state index contributed by atoms with van der Waals surface area (Å²) < 4.78 is 0.